The molecular weight excluding hydrogens is 140 g/mol. The van der Waals surface area contributed by atoms with Crippen molar-refractivity contribution in [1.29, 1.82) is 0 Å². The van der Waals surface area contributed by atoms with Gasteiger partial charge in [-0.05, 0) is 6.42 Å². The highest BCUT2D eigenvalue weighted by Gasteiger charge is 1.89. The van der Waals surface area contributed by atoms with Crippen LogP contribution < -0.4 is 0 Å². The average Bonchev–Trinajstić information content (AvgIpc) is 2.04. The van der Waals surface area contributed by atoms with E-state index in [1.165, 1.54) is 0 Å². The van der Waals surface area contributed by atoms with E-state index in [1.54, 1.807) is 0 Å². The molecule has 0 aromatic rings. The van der Waals surface area contributed by atoms with Gasteiger partial charge in [0.25, 0.3) is 0 Å². The number of rotatable bonds is 5. The molecule has 0 aromatic heterocycles. The highest BCUT2D eigenvalue weighted by molar-refractivity contribution is 5.81. The van der Waals surface area contributed by atoms with Gasteiger partial charge in [0.1, 0.15) is 6.61 Å². The first kappa shape index (κ1) is 9.95. The molecule has 62 valence electrons. The summed E-state index contributed by atoms with van der Waals surface area (Å²) in [4.78, 5) is 10.5. The highest BCUT2D eigenvalue weighted by atomic mass is 16.5. The molecule has 0 aliphatic carbocycles. The number of allylic oxidation sites excluding steroid dienone is 1. The minimum atomic E-state index is -0.369. The summed E-state index contributed by atoms with van der Waals surface area (Å²) >= 11 is 0. The van der Waals surface area contributed by atoms with Crippen molar-refractivity contribution in [3.8, 4) is 0 Å². The third kappa shape index (κ3) is 6.84. The lowest BCUT2D eigenvalue weighted by Crippen LogP contribution is -1.98. The minimum Gasteiger partial charge on any atom is -0.458 e. The molecule has 0 aliphatic rings. The Hall–Kier alpha value is -1.05. The molecule has 0 heterocycles. The largest absolute Gasteiger partial charge is 0.458 e. The average molecular weight is 154 g/mol. The maximum absolute atomic E-state index is 10.5. The first-order valence-electron chi connectivity index (χ1n) is 3.75. The normalized spacial score (nSPS) is 9.91. The Morgan fingerprint density at radius 1 is 1.55 bits per heavy atom. The van der Waals surface area contributed by atoms with Crippen LogP contribution in [0.4, 0.5) is 0 Å². The quantitative estimate of drug-likeness (QED) is 0.344. The monoisotopic (exact) mass is 154 g/mol. The fourth-order valence-corrected chi connectivity index (χ4v) is 0.542. The molecule has 0 N–H and O–H groups in total. The predicted octanol–water partition coefficient (Wildman–Crippen LogP) is 2.07. The maximum Gasteiger partial charge on any atom is 0.330 e. The van der Waals surface area contributed by atoms with Crippen LogP contribution in [0.15, 0.2) is 24.8 Å². The summed E-state index contributed by atoms with van der Waals surface area (Å²) in [6.07, 6.45) is 7.15. The van der Waals surface area contributed by atoms with Gasteiger partial charge in [-0.2, -0.15) is 0 Å². The Balaban J connectivity index is 3.26. The van der Waals surface area contributed by atoms with Gasteiger partial charge in [0.05, 0.1) is 0 Å². The smallest absolute Gasteiger partial charge is 0.330 e. The summed E-state index contributed by atoms with van der Waals surface area (Å²) in [5, 5.41) is 0. The highest BCUT2D eigenvalue weighted by Crippen LogP contribution is 1.88. The van der Waals surface area contributed by atoms with Crippen molar-refractivity contribution in [3.05, 3.63) is 24.8 Å². The number of carbonyl (C=O) groups is 1. The van der Waals surface area contributed by atoms with Gasteiger partial charge in [-0.1, -0.05) is 32.1 Å². The second-order valence-corrected chi connectivity index (χ2v) is 2.09. The molecule has 0 rings (SSSR count). The Bertz CT molecular complexity index is 148. The second-order valence-electron chi connectivity index (χ2n) is 2.09. The molecule has 0 spiro atoms. The molecule has 11 heavy (non-hydrogen) atoms. The fourth-order valence-electron chi connectivity index (χ4n) is 0.542. The molecule has 0 atom stereocenters. The number of hydrogen-bond acceptors (Lipinski definition) is 2. The van der Waals surface area contributed by atoms with Gasteiger partial charge in [-0.3, -0.25) is 0 Å². The molecule has 0 aliphatic heterocycles. The van der Waals surface area contributed by atoms with Crippen LogP contribution in [0.3, 0.4) is 0 Å². The van der Waals surface area contributed by atoms with E-state index >= 15 is 0 Å². The first-order valence-corrected chi connectivity index (χ1v) is 3.75. The Morgan fingerprint density at radius 3 is 2.82 bits per heavy atom. The van der Waals surface area contributed by atoms with Gasteiger partial charge in [0.15, 0.2) is 0 Å². The van der Waals surface area contributed by atoms with Crippen LogP contribution in [0.2, 0.25) is 0 Å². The molecule has 0 unspecified atom stereocenters. The number of unbranched alkanes of at least 4 members (excludes halogenated alkanes) is 1. The van der Waals surface area contributed by atoms with Crippen molar-refractivity contribution in [3.63, 3.8) is 0 Å². The van der Waals surface area contributed by atoms with Gasteiger partial charge in [-0.25, -0.2) is 4.79 Å². The third-order valence-electron chi connectivity index (χ3n) is 1.11. The fraction of sp³-hybridized carbons (Fsp3) is 0.444. The van der Waals surface area contributed by atoms with E-state index in [4.69, 9.17) is 4.74 Å². The van der Waals surface area contributed by atoms with Crippen molar-refractivity contribution in [2.45, 2.75) is 19.8 Å². The molecule has 2 nitrogen and oxygen atoms in total. The van der Waals surface area contributed by atoms with Crippen LogP contribution in [0, 0.1) is 0 Å². The molecule has 0 amide bonds. The van der Waals surface area contributed by atoms with E-state index in [0.717, 1.165) is 18.9 Å². The van der Waals surface area contributed by atoms with Crippen LogP contribution in [0.1, 0.15) is 19.8 Å². The van der Waals surface area contributed by atoms with Gasteiger partial charge in [-0.15, -0.1) is 0 Å². The van der Waals surface area contributed by atoms with E-state index in [2.05, 4.69) is 13.5 Å². The van der Waals surface area contributed by atoms with Crippen molar-refractivity contribution in [2.75, 3.05) is 6.61 Å². The van der Waals surface area contributed by atoms with Crippen LogP contribution in [0.5, 0.6) is 0 Å². The maximum atomic E-state index is 10.5. The standard InChI is InChI=1S/C9H14O2/c1-3-5-6-7-8-11-9(10)4-2/h4,6-7H,2-3,5,8H2,1H3/b7-6-. The van der Waals surface area contributed by atoms with Gasteiger partial charge in [0.2, 0.25) is 0 Å². The summed E-state index contributed by atoms with van der Waals surface area (Å²) in [7, 11) is 0. The molecule has 0 bridgehead atoms. The summed E-state index contributed by atoms with van der Waals surface area (Å²) in [6, 6.07) is 0. The summed E-state index contributed by atoms with van der Waals surface area (Å²) in [5.74, 6) is -0.369. The van der Waals surface area contributed by atoms with E-state index in [0.29, 0.717) is 6.61 Å². The zero-order valence-electron chi connectivity index (χ0n) is 6.88. The van der Waals surface area contributed by atoms with E-state index in [-0.39, 0.29) is 5.97 Å². The molecule has 0 saturated heterocycles. The van der Waals surface area contributed by atoms with Crippen molar-refractivity contribution in [2.24, 2.45) is 0 Å². The Kier molecular flexibility index (Phi) is 6.39. The van der Waals surface area contributed by atoms with Crippen LogP contribution >= 0.6 is 0 Å². The van der Waals surface area contributed by atoms with Gasteiger partial charge >= 0.3 is 5.97 Å². The molecule has 0 aromatic carbocycles. The van der Waals surface area contributed by atoms with E-state index in [1.807, 2.05) is 12.2 Å². The van der Waals surface area contributed by atoms with Crippen molar-refractivity contribution in [1.82, 2.24) is 0 Å². The zero-order valence-corrected chi connectivity index (χ0v) is 6.88. The molecule has 2 heteroatoms. The van der Waals surface area contributed by atoms with Crippen LogP contribution in [-0.2, 0) is 9.53 Å². The summed E-state index contributed by atoms with van der Waals surface area (Å²) in [5.41, 5.74) is 0. The number of carbonyl (C=O) groups excluding carboxylic acids is 1. The Morgan fingerprint density at radius 2 is 2.27 bits per heavy atom. The first-order chi connectivity index (χ1) is 5.31. The summed E-state index contributed by atoms with van der Waals surface area (Å²) < 4.78 is 4.69. The molecular formula is C9H14O2. The minimum absolute atomic E-state index is 0.352. The third-order valence-corrected chi connectivity index (χ3v) is 1.11. The van der Waals surface area contributed by atoms with E-state index < -0.39 is 0 Å². The zero-order chi connectivity index (χ0) is 8.53. The topological polar surface area (TPSA) is 26.3 Å². The lowest BCUT2D eigenvalue weighted by atomic mass is 10.3. The van der Waals surface area contributed by atoms with Crippen LogP contribution in [0.25, 0.3) is 0 Å². The van der Waals surface area contributed by atoms with Gasteiger partial charge < -0.3 is 4.74 Å². The molecule has 0 saturated carbocycles. The second kappa shape index (κ2) is 7.06. The number of esters is 1. The molecule has 0 fully saturated rings. The number of hydrogen-bond donors (Lipinski definition) is 0. The van der Waals surface area contributed by atoms with Crippen molar-refractivity contribution < 1.29 is 9.53 Å². The Labute approximate surface area is 67.6 Å². The lowest BCUT2D eigenvalue weighted by Gasteiger charge is -1.94. The van der Waals surface area contributed by atoms with E-state index in [9.17, 15) is 4.79 Å². The van der Waals surface area contributed by atoms with Crippen LogP contribution in [-0.4, -0.2) is 12.6 Å². The predicted molar refractivity (Wildman–Crippen MR) is 45.2 cm³/mol. The van der Waals surface area contributed by atoms with Crippen molar-refractivity contribution >= 4 is 5.97 Å². The SMILES string of the molecule is C=CC(=O)OC/C=C\CCC. The number of ether oxygens (including phenoxy) is 1. The summed E-state index contributed by atoms with van der Waals surface area (Å²) in [6.45, 7) is 5.73. The molecule has 0 radical (unpaired) electrons. The van der Waals surface area contributed by atoms with Gasteiger partial charge in [0, 0.05) is 6.08 Å². The lowest BCUT2D eigenvalue weighted by molar-refractivity contribution is -0.136.